The zero-order valence-electron chi connectivity index (χ0n) is 11.6. The summed E-state index contributed by atoms with van der Waals surface area (Å²) < 4.78 is 5.89. The quantitative estimate of drug-likeness (QED) is 0.648. The van der Waals surface area contributed by atoms with Crippen LogP contribution in [0.2, 0.25) is 0 Å². The van der Waals surface area contributed by atoms with Crippen molar-refractivity contribution in [3.8, 4) is 11.5 Å². The summed E-state index contributed by atoms with van der Waals surface area (Å²) in [7, 11) is 0. The zero-order valence-corrected chi connectivity index (χ0v) is 14.0. The minimum Gasteiger partial charge on any atom is -0.506 e. The van der Waals surface area contributed by atoms with Gasteiger partial charge in [0.05, 0.1) is 10.7 Å². The van der Waals surface area contributed by atoms with Crippen molar-refractivity contribution >= 4 is 33.2 Å². The lowest BCUT2D eigenvalue weighted by molar-refractivity contribution is -0.137. The molecule has 0 fully saturated rings. The van der Waals surface area contributed by atoms with Crippen molar-refractivity contribution in [3.05, 3.63) is 37.7 Å². The molecule has 1 N–H and O–H groups in total. The van der Waals surface area contributed by atoms with Crippen molar-refractivity contribution in [1.82, 2.24) is 4.98 Å². The molecule has 0 bridgehead atoms. The molecule has 0 radical (unpaired) electrons. The van der Waals surface area contributed by atoms with E-state index in [-0.39, 0.29) is 17.6 Å². The number of hydrogen-bond acceptors (Lipinski definition) is 5. The second kappa shape index (κ2) is 5.42. The van der Waals surface area contributed by atoms with Crippen molar-refractivity contribution in [3.63, 3.8) is 0 Å². The number of carbonyl (C=O) groups excluding carboxylic acids is 1. The molecule has 0 amide bonds. The van der Waals surface area contributed by atoms with Gasteiger partial charge in [0.25, 0.3) is 0 Å². The van der Waals surface area contributed by atoms with Crippen LogP contribution >= 0.6 is 27.3 Å². The van der Waals surface area contributed by atoms with Crippen molar-refractivity contribution in [2.75, 3.05) is 0 Å². The minimum absolute atomic E-state index is 0.145. The van der Waals surface area contributed by atoms with Gasteiger partial charge >= 0.3 is 5.97 Å². The Labute approximate surface area is 134 Å². The first-order chi connectivity index (χ1) is 10.0. The number of rotatable bonds is 2. The van der Waals surface area contributed by atoms with Crippen LogP contribution in [-0.4, -0.2) is 16.1 Å². The standard InChI is InChI=1S/C15H14BrNO3S/c1-3-8-4-9-5-10(11-6-21-7(2)17-11)15(19)20-14(9)12(16)13(8)18/h4,6,10,18H,3,5H2,1-2H3. The molecule has 6 heteroatoms. The second-order valence-corrected chi connectivity index (χ2v) is 6.86. The number of phenols is 1. The maximum Gasteiger partial charge on any atom is 0.320 e. The van der Waals surface area contributed by atoms with Gasteiger partial charge in [-0.15, -0.1) is 11.3 Å². The molecular weight excluding hydrogens is 354 g/mol. The monoisotopic (exact) mass is 367 g/mol. The number of fused-ring (bicyclic) bond motifs is 1. The summed E-state index contributed by atoms with van der Waals surface area (Å²) in [5.41, 5.74) is 2.52. The highest BCUT2D eigenvalue weighted by molar-refractivity contribution is 9.10. The third-order valence-electron chi connectivity index (χ3n) is 3.64. The van der Waals surface area contributed by atoms with Gasteiger partial charge in [0.15, 0.2) is 5.75 Å². The molecule has 21 heavy (non-hydrogen) atoms. The molecule has 1 atom stereocenters. The number of aromatic hydroxyl groups is 1. The first kappa shape index (κ1) is 14.5. The Morgan fingerprint density at radius 1 is 1.57 bits per heavy atom. The van der Waals surface area contributed by atoms with Crippen molar-refractivity contribution in [2.45, 2.75) is 32.6 Å². The summed E-state index contributed by atoms with van der Waals surface area (Å²) in [6, 6.07) is 1.91. The second-order valence-electron chi connectivity index (χ2n) is 5.01. The number of ether oxygens (including phenoxy) is 1. The molecular formula is C15H14BrNO3S. The fourth-order valence-electron chi connectivity index (χ4n) is 2.51. The molecule has 2 aromatic rings. The number of halogens is 1. The smallest absolute Gasteiger partial charge is 0.320 e. The SMILES string of the molecule is CCc1cc2c(c(Br)c1O)OC(=O)C(c1csc(C)n1)C2. The number of phenolic OH excluding ortho intramolecular Hbond substituents is 1. The lowest BCUT2D eigenvalue weighted by Crippen LogP contribution is -2.26. The fourth-order valence-corrected chi connectivity index (χ4v) is 3.76. The summed E-state index contributed by atoms with van der Waals surface area (Å²) in [6.45, 7) is 3.89. The normalized spacial score (nSPS) is 17.5. The maximum absolute atomic E-state index is 12.2. The summed E-state index contributed by atoms with van der Waals surface area (Å²) in [5.74, 6) is -0.120. The fraction of sp³-hybridized carbons (Fsp3) is 0.333. The molecule has 1 aromatic heterocycles. The predicted octanol–water partition coefficient (Wildman–Crippen LogP) is 3.73. The minimum atomic E-state index is -0.372. The van der Waals surface area contributed by atoms with Gasteiger partial charge in [0, 0.05) is 5.38 Å². The van der Waals surface area contributed by atoms with E-state index in [1.165, 1.54) is 11.3 Å². The van der Waals surface area contributed by atoms with Gasteiger partial charge in [0.2, 0.25) is 0 Å². The number of aryl methyl sites for hydroxylation is 2. The van der Waals surface area contributed by atoms with Gasteiger partial charge in [-0.25, -0.2) is 4.98 Å². The van der Waals surface area contributed by atoms with Crippen LogP contribution in [0.4, 0.5) is 0 Å². The Bertz CT molecular complexity index is 726. The highest BCUT2D eigenvalue weighted by atomic mass is 79.9. The first-order valence-electron chi connectivity index (χ1n) is 6.68. The average Bonchev–Trinajstić information content (AvgIpc) is 2.89. The Kier molecular flexibility index (Phi) is 3.75. The summed E-state index contributed by atoms with van der Waals surface area (Å²) in [4.78, 5) is 16.6. The zero-order chi connectivity index (χ0) is 15.1. The lowest BCUT2D eigenvalue weighted by Gasteiger charge is -2.24. The molecule has 0 saturated heterocycles. The van der Waals surface area contributed by atoms with Gasteiger partial charge in [-0.05, 0) is 52.9 Å². The van der Waals surface area contributed by atoms with Crippen molar-refractivity contribution in [2.24, 2.45) is 0 Å². The van der Waals surface area contributed by atoms with Gasteiger partial charge < -0.3 is 9.84 Å². The van der Waals surface area contributed by atoms with Crippen LogP contribution in [-0.2, 0) is 17.6 Å². The molecule has 4 nitrogen and oxygen atoms in total. The number of benzene rings is 1. The van der Waals surface area contributed by atoms with E-state index in [4.69, 9.17) is 4.74 Å². The summed E-state index contributed by atoms with van der Waals surface area (Å²) in [5, 5.41) is 12.9. The maximum atomic E-state index is 12.2. The molecule has 0 spiro atoms. The van der Waals surface area contributed by atoms with Crippen LogP contribution in [0.25, 0.3) is 0 Å². The van der Waals surface area contributed by atoms with E-state index < -0.39 is 0 Å². The Hall–Kier alpha value is -1.40. The lowest BCUT2D eigenvalue weighted by atomic mass is 9.92. The van der Waals surface area contributed by atoms with Crippen LogP contribution in [0.5, 0.6) is 11.5 Å². The summed E-state index contributed by atoms with van der Waals surface area (Å²) in [6.07, 6.45) is 1.26. The number of esters is 1. The van der Waals surface area contributed by atoms with E-state index in [0.29, 0.717) is 23.1 Å². The van der Waals surface area contributed by atoms with E-state index in [2.05, 4.69) is 20.9 Å². The largest absolute Gasteiger partial charge is 0.506 e. The van der Waals surface area contributed by atoms with Gasteiger partial charge in [-0.2, -0.15) is 0 Å². The van der Waals surface area contributed by atoms with Gasteiger partial charge in [-0.3, -0.25) is 4.79 Å². The Morgan fingerprint density at radius 2 is 2.33 bits per heavy atom. The van der Waals surface area contributed by atoms with E-state index in [1.54, 1.807) is 0 Å². The third kappa shape index (κ3) is 2.46. The number of carbonyl (C=O) groups is 1. The van der Waals surface area contributed by atoms with Crippen LogP contribution in [0.15, 0.2) is 15.9 Å². The first-order valence-corrected chi connectivity index (χ1v) is 8.35. The van der Waals surface area contributed by atoms with Crippen LogP contribution < -0.4 is 4.74 Å². The molecule has 1 aliphatic rings. The van der Waals surface area contributed by atoms with E-state index in [9.17, 15) is 9.90 Å². The number of nitrogens with zero attached hydrogens (tertiary/aromatic N) is 1. The van der Waals surface area contributed by atoms with E-state index in [1.807, 2.05) is 25.3 Å². The van der Waals surface area contributed by atoms with Crippen molar-refractivity contribution < 1.29 is 14.6 Å². The topological polar surface area (TPSA) is 59.4 Å². The highest BCUT2D eigenvalue weighted by Crippen LogP contribution is 2.44. The number of aromatic nitrogens is 1. The predicted molar refractivity (Wildman–Crippen MR) is 84.1 cm³/mol. The van der Waals surface area contributed by atoms with Crippen LogP contribution in [0.1, 0.15) is 34.7 Å². The summed E-state index contributed by atoms with van der Waals surface area (Å²) >= 11 is 4.85. The van der Waals surface area contributed by atoms with Crippen LogP contribution in [0, 0.1) is 6.92 Å². The highest BCUT2D eigenvalue weighted by Gasteiger charge is 2.34. The molecule has 1 unspecified atom stereocenters. The van der Waals surface area contributed by atoms with Gasteiger partial charge in [-0.1, -0.05) is 6.92 Å². The third-order valence-corrected chi connectivity index (χ3v) is 5.16. The number of hydrogen-bond donors (Lipinski definition) is 1. The molecule has 2 heterocycles. The van der Waals surface area contributed by atoms with Crippen LogP contribution in [0.3, 0.4) is 0 Å². The molecule has 110 valence electrons. The Balaban J connectivity index is 2.04. The van der Waals surface area contributed by atoms with E-state index >= 15 is 0 Å². The average molecular weight is 368 g/mol. The molecule has 0 aliphatic carbocycles. The Morgan fingerprint density at radius 3 is 2.95 bits per heavy atom. The molecule has 0 saturated carbocycles. The van der Waals surface area contributed by atoms with Crippen molar-refractivity contribution in [1.29, 1.82) is 0 Å². The van der Waals surface area contributed by atoms with Gasteiger partial charge in [0.1, 0.15) is 16.1 Å². The molecule has 1 aromatic carbocycles. The molecule has 1 aliphatic heterocycles. The molecule has 3 rings (SSSR count). The van der Waals surface area contributed by atoms with E-state index in [0.717, 1.165) is 21.8 Å². The number of thiazole rings is 1.